The fourth-order valence-electron chi connectivity index (χ4n) is 4.54. The van der Waals surface area contributed by atoms with Crippen LogP contribution in [0.2, 0.25) is 0 Å². The summed E-state index contributed by atoms with van der Waals surface area (Å²) in [4.78, 5) is 27.1. The van der Waals surface area contributed by atoms with Gasteiger partial charge in [-0.05, 0) is 55.7 Å². The van der Waals surface area contributed by atoms with Gasteiger partial charge in [-0.3, -0.25) is 14.7 Å². The quantitative estimate of drug-likeness (QED) is 0.683. The molecule has 1 aromatic carbocycles. The molecule has 2 bridgehead atoms. The van der Waals surface area contributed by atoms with Gasteiger partial charge < -0.3 is 4.90 Å². The minimum absolute atomic E-state index is 0.0936. The van der Waals surface area contributed by atoms with Crippen molar-refractivity contribution in [3.8, 4) is 0 Å². The largest absolute Gasteiger partial charge is 0.366 e. The van der Waals surface area contributed by atoms with E-state index in [0.717, 1.165) is 43.7 Å². The second kappa shape index (κ2) is 5.74. The number of benzene rings is 1. The third kappa shape index (κ3) is 2.33. The molecule has 0 radical (unpaired) electrons. The molecular formula is C22H19FN4O. The van der Waals surface area contributed by atoms with Crippen LogP contribution in [0.15, 0.2) is 42.6 Å². The van der Waals surface area contributed by atoms with Gasteiger partial charge in [0.05, 0.1) is 22.8 Å². The molecule has 1 amide bonds. The Kier molecular flexibility index (Phi) is 3.27. The molecule has 3 aromatic rings. The molecule has 1 saturated carbocycles. The third-order valence-electron chi connectivity index (χ3n) is 6.10. The van der Waals surface area contributed by atoms with Crippen LogP contribution in [0.5, 0.6) is 0 Å². The molecular weight excluding hydrogens is 355 g/mol. The maximum Gasteiger partial charge on any atom is 0.260 e. The summed E-state index contributed by atoms with van der Waals surface area (Å²) in [6.45, 7) is 1.74. The molecule has 2 aliphatic heterocycles. The van der Waals surface area contributed by atoms with Crippen LogP contribution in [-0.2, 0) is 0 Å². The Morgan fingerprint density at radius 3 is 2.89 bits per heavy atom. The maximum atomic E-state index is 14.0. The van der Waals surface area contributed by atoms with Gasteiger partial charge in [-0.15, -0.1) is 0 Å². The van der Waals surface area contributed by atoms with Gasteiger partial charge in [0, 0.05) is 36.3 Å². The minimum atomic E-state index is -0.355. The number of amides is 1. The molecule has 6 rings (SSSR count). The second-order valence-corrected chi connectivity index (χ2v) is 7.94. The van der Waals surface area contributed by atoms with Crippen molar-refractivity contribution in [2.24, 2.45) is 0 Å². The van der Waals surface area contributed by atoms with Crippen LogP contribution in [0.1, 0.15) is 41.2 Å². The summed E-state index contributed by atoms with van der Waals surface area (Å²) in [5, 5.41) is 0.576. The number of rotatable bonds is 2. The summed E-state index contributed by atoms with van der Waals surface area (Å²) < 4.78 is 14.0. The Morgan fingerprint density at radius 2 is 2.04 bits per heavy atom. The lowest BCUT2D eigenvalue weighted by molar-refractivity contribution is 0.0978. The van der Waals surface area contributed by atoms with Crippen LogP contribution < -0.4 is 9.80 Å². The first-order valence-electron chi connectivity index (χ1n) is 9.83. The number of hydrogen-bond acceptors (Lipinski definition) is 4. The Balaban J connectivity index is 1.54. The monoisotopic (exact) mass is 374 g/mol. The first kappa shape index (κ1) is 16.0. The highest BCUT2D eigenvalue weighted by molar-refractivity contribution is 6.15. The Hall–Kier alpha value is -3.02. The van der Waals surface area contributed by atoms with Gasteiger partial charge in [0.1, 0.15) is 5.82 Å². The molecule has 4 heterocycles. The Morgan fingerprint density at radius 1 is 1.14 bits per heavy atom. The number of anilines is 2. The highest BCUT2D eigenvalue weighted by Gasteiger charge is 2.40. The van der Waals surface area contributed by atoms with Gasteiger partial charge in [-0.1, -0.05) is 0 Å². The van der Waals surface area contributed by atoms with Crippen molar-refractivity contribution >= 4 is 28.3 Å². The fourth-order valence-corrected chi connectivity index (χ4v) is 4.54. The predicted octanol–water partition coefficient (Wildman–Crippen LogP) is 3.89. The molecule has 6 heteroatoms. The zero-order valence-electron chi connectivity index (χ0n) is 15.3. The lowest BCUT2D eigenvalue weighted by atomic mass is 10.0. The summed E-state index contributed by atoms with van der Waals surface area (Å²) in [6, 6.07) is 10.4. The van der Waals surface area contributed by atoms with E-state index in [1.54, 1.807) is 12.3 Å². The normalized spacial score (nSPS) is 20.5. The van der Waals surface area contributed by atoms with E-state index in [9.17, 15) is 9.18 Å². The number of carbonyl (C=O) groups excluding carboxylic acids is 1. The Bertz CT molecular complexity index is 1130. The molecule has 2 fully saturated rings. The van der Waals surface area contributed by atoms with Crippen molar-refractivity contribution in [2.75, 3.05) is 22.9 Å². The molecule has 0 N–H and O–H groups in total. The number of hydrogen-bond donors (Lipinski definition) is 0. The smallest absolute Gasteiger partial charge is 0.260 e. The van der Waals surface area contributed by atoms with Crippen molar-refractivity contribution in [3.05, 3.63) is 59.7 Å². The standard InChI is InChI=1S/C22H19FN4O/c23-14-5-6-18-16(10-14)17(11-19(25-18)13-3-4-13)22(28)27-15-7-9-26(12-15)20-2-1-8-24-21(20)27/h1-2,5-6,8,10-11,13,15H,3-4,7,9,12H2. The zero-order chi connectivity index (χ0) is 18.8. The van der Waals surface area contributed by atoms with Crippen LogP contribution in [0.25, 0.3) is 10.9 Å². The highest BCUT2D eigenvalue weighted by Crippen LogP contribution is 2.42. The molecule has 2 aromatic heterocycles. The van der Waals surface area contributed by atoms with E-state index in [0.29, 0.717) is 28.2 Å². The van der Waals surface area contributed by atoms with Gasteiger partial charge in [-0.25, -0.2) is 9.37 Å². The number of fused-ring (bicyclic) bond motifs is 5. The fraction of sp³-hybridized carbons (Fsp3) is 0.318. The molecule has 1 unspecified atom stereocenters. The Labute approximate surface area is 161 Å². The lowest BCUT2D eigenvalue weighted by Crippen LogP contribution is -2.46. The van der Waals surface area contributed by atoms with Gasteiger partial charge in [0.25, 0.3) is 5.91 Å². The van der Waals surface area contributed by atoms with E-state index in [4.69, 9.17) is 4.98 Å². The van der Waals surface area contributed by atoms with Gasteiger partial charge in [0.15, 0.2) is 5.82 Å². The van der Waals surface area contributed by atoms with Crippen LogP contribution in [0.4, 0.5) is 15.9 Å². The first-order valence-corrected chi connectivity index (χ1v) is 9.83. The van der Waals surface area contributed by atoms with Gasteiger partial charge in [0.2, 0.25) is 0 Å². The molecule has 1 saturated heterocycles. The second-order valence-electron chi connectivity index (χ2n) is 7.94. The summed E-state index contributed by atoms with van der Waals surface area (Å²) in [6.07, 6.45) is 4.83. The molecule has 1 atom stereocenters. The summed E-state index contributed by atoms with van der Waals surface area (Å²) in [5.74, 6) is 0.656. The van der Waals surface area contributed by atoms with E-state index in [1.807, 2.05) is 23.1 Å². The number of carbonyl (C=O) groups is 1. The highest BCUT2D eigenvalue weighted by atomic mass is 19.1. The molecule has 0 spiro atoms. The van der Waals surface area contributed by atoms with Crippen LogP contribution >= 0.6 is 0 Å². The van der Waals surface area contributed by atoms with Gasteiger partial charge >= 0.3 is 0 Å². The van der Waals surface area contributed by atoms with E-state index in [1.165, 1.54) is 12.1 Å². The first-order chi connectivity index (χ1) is 13.7. The van der Waals surface area contributed by atoms with E-state index in [2.05, 4.69) is 9.88 Å². The molecule has 28 heavy (non-hydrogen) atoms. The van der Waals surface area contributed by atoms with Gasteiger partial charge in [-0.2, -0.15) is 0 Å². The molecule has 140 valence electrons. The average molecular weight is 374 g/mol. The predicted molar refractivity (Wildman–Crippen MR) is 105 cm³/mol. The number of halogens is 1. The van der Waals surface area contributed by atoms with Crippen molar-refractivity contribution in [3.63, 3.8) is 0 Å². The van der Waals surface area contributed by atoms with E-state index < -0.39 is 0 Å². The number of aromatic nitrogens is 2. The third-order valence-corrected chi connectivity index (χ3v) is 6.10. The summed E-state index contributed by atoms with van der Waals surface area (Å²) >= 11 is 0. The van der Waals surface area contributed by atoms with Crippen LogP contribution in [0, 0.1) is 5.82 Å². The maximum absolute atomic E-state index is 14.0. The lowest BCUT2D eigenvalue weighted by Gasteiger charge is -2.35. The molecule has 5 nitrogen and oxygen atoms in total. The molecule has 3 aliphatic rings. The van der Waals surface area contributed by atoms with Crippen molar-refractivity contribution in [1.29, 1.82) is 0 Å². The number of pyridine rings is 2. The van der Waals surface area contributed by atoms with E-state index in [-0.39, 0.29) is 17.8 Å². The zero-order valence-corrected chi connectivity index (χ0v) is 15.3. The van der Waals surface area contributed by atoms with Crippen molar-refractivity contribution in [2.45, 2.75) is 31.2 Å². The molecule has 1 aliphatic carbocycles. The average Bonchev–Trinajstić information content (AvgIpc) is 3.49. The SMILES string of the molecule is O=C(c1cc(C2CC2)nc2ccc(F)cc12)N1c2ncccc2N2CCC1C2. The summed E-state index contributed by atoms with van der Waals surface area (Å²) in [5.41, 5.74) is 3.15. The van der Waals surface area contributed by atoms with Crippen molar-refractivity contribution < 1.29 is 9.18 Å². The van der Waals surface area contributed by atoms with Crippen molar-refractivity contribution in [1.82, 2.24) is 9.97 Å². The topological polar surface area (TPSA) is 49.3 Å². The van der Waals surface area contributed by atoms with E-state index >= 15 is 0 Å². The van der Waals surface area contributed by atoms with Crippen LogP contribution in [-0.4, -0.2) is 35.0 Å². The summed E-state index contributed by atoms with van der Waals surface area (Å²) in [7, 11) is 0. The van der Waals surface area contributed by atoms with Crippen LogP contribution in [0.3, 0.4) is 0 Å². The minimum Gasteiger partial charge on any atom is -0.366 e. The number of nitrogens with zero attached hydrogens (tertiary/aromatic N) is 4.